The molecule has 2 aliphatic rings. The van der Waals surface area contributed by atoms with Crippen LogP contribution in [0.5, 0.6) is 0 Å². The molecule has 0 bridgehead atoms. The maximum atomic E-state index is 12.2. The van der Waals surface area contributed by atoms with Crippen LogP contribution in [0.4, 0.5) is 5.69 Å². The molecule has 2 fully saturated rings. The SMILES string of the molecule is CN=C(NCc1cccc(NC(=O)C2CCCO2)c1)NCC1(C)CCCO1. The van der Waals surface area contributed by atoms with Crippen LogP contribution in [-0.2, 0) is 20.8 Å². The smallest absolute Gasteiger partial charge is 0.253 e. The van der Waals surface area contributed by atoms with Crippen molar-refractivity contribution in [2.24, 2.45) is 4.99 Å². The maximum absolute atomic E-state index is 12.2. The van der Waals surface area contributed by atoms with E-state index in [2.05, 4.69) is 27.9 Å². The number of carbonyl (C=O) groups excluding carboxylic acids is 1. The van der Waals surface area contributed by atoms with Gasteiger partial charge in [-0.2, -0.15) is 0 Å². The summed E-state index contributed by atoms with van der Waals surface area (Å²) in [7, 11) is 1.76. The first kappa shape index (κ1) is 19.6. The summed E-state index contributed by atoms with van der Waals surface area (Å²) >= 11 is 0. The molecule has 1 aromatic carbocycles. The van der Waals surface area contributed by atoms with E-state index in [1.807, 2.05) is 24.3 Å². The molecule has 1 amide bonds. The Morgan fingerprint density at radius 1 is 1.30 bits per heavy atom. The van der Waals surface area contributed by atoms with Crippen LogP contribution >= 0.6 is 0 Å². The zero-order valence-electron chi connectivity index (χ0n) is 16.2. The zero-order chi connectivity index (χ0) is 19.1. The summed E-state index contributed by atoms with van der Waals surface area (Å²) in [5, 5.41) is 9.58. The highest BCUT2D eigenvalue weighted by Crippen LogP contribution is 2.23. The van der Waals surface area contributed by atoms with Gasteiger partial charge in [0, 0.05) is 39.0 Å². The first-order valence-electron chi connectivity index (χ1n) is 9.68. The number of hydrogen-bond donors (Lipinski definition) is 3. The third-order valence-corrected chi connectivity index (χ3v) is 5.03. The van der Waals surface area contributed by atoms with E-state index in [0.717, 1.165) is 56.0 Å². The lowest BCUT2D eigenvalue weighted by Gasteiger charge is -2.24. The van der Waals surface area contributed by atoms with Crippen LogP contribution in [0.3, 0.4) is 0 Å². The maximum Gasteiger partial charge on any atom is 0.253 e. The van der Waals surface area contributed by atoms with Gasteiger partial charge in [-0.1, -0.05) is 12.1 Å². The molecule has 3 N–H and O–H groups in total. The van der Waals surface area contributed by atoms with E-state index in [4.69, 9.17) is 9.47 Å². The van der Waals surface area contributed by atoms with E-state index in [9.17, 15) is 4.79 Å². The Kier molecular flexibility index (Phi) is 6.68. The summed E-state index contributed by atoms with van der Waals surface area (Å²) in [6.07, 6.45) is 3.57. The lowest BCUT2D eigenvalue weighted by Crippen LogP contribution is -2.45. The van der Waals surface area contributed by atoms with Crippen molar-refractivity contribution in [2.45, 2.75) is 50.9 Å². The molecule has 2 heterocycles. The predicted molar refractivity (Wildman–Crippen MR) is 106 cm³/mol. The number of benzene rings is 1. The van der Waals surface area contributed by atoms with Crippen molar-refractivity contribution in [3.63, 3.8) is 0 Å². The number of rotatable bonds is 6. The summed E-state index contributed by atoms with van der Waals surface area (Å²) < 4.78 is 11.2. The first-order chi connectivity index (χ1) is 13.1. The van der Waals surface area contributed by atoms with E-state index < -0.39 is 0 Å². The summed E-state index contributed by atoms with van der Waals surface area (Å²) in [6, 6.07) is 7.81. The Morgan fingerprint density at radius 3 is 2.89 bits per heavy atom. The Morgan fingerprint density at radius 2 is 2.19 bits per heavy atom. The molecule has 7 heteroatoms. The highest BCUT2D eigenvalue weighted by atomic mass is 16.5. The number of amides is 1. The molecule has 27 heavy (non-hydrogen) atoms. The van der Waals surface area contributed by atoms with Gasteiger partial charge in [-0.05, 0) is 50.3 Å². The third-order valence-electron chi connectivity index (χ3n) is 5.03. The molecule has 2 unspecified atom stereocenters. The van der Waals surface area contributed by atoms with Crippen molar-refractivity contribution in [1.82, 2.24) is 10.6 Å². The summed E-state index contributed by atoms with van der Waals surface area (Å²) in [4.78, 5) is 16.5. The van der Waals surface area contributed by atoms with Crippen LogP contribution in [0.1, 0.15) is 38.2 Å². The molecule has 7 nitrogen and oxygen atoms in total. The molecule has 0 aromatic heterocycles. The molecule has 1 aromatic rings. The van der Waals surface area contributed by atoms with Crippen LogP contribution in [0, 0.1) is 0 Å². The lowest BCUT2D eigenvalue weighted by molar-refractivity contribution is -0.124. The van der Waals surface area contributed by atoms with E-state index in [1.54, 1.807) is 7.05 Å². The Labute approximate surface area is 160 Å². The van der Waals surface area contributed by atoms with Gasteiger partial charge in [0.25, 0.3) is 5.91 Å². The lowest BCUT2D eigenvalue weighted by atomic mass is 10.0. The van der Waals surface area contributed by atoms with Crippen LogP contribution in [0.25, 0.3) is 0 Å². The minimum atomic E-state index is -0.325. The quantitative estimate of drug-likeness (QED) is 0.524. The molecule has 3 rings (SSSR count). The molecule has 2 aliphatic heterocycles. The molecule has 0 aliphatic carbocycles. The van der Waals surface area contributed by atoms with E-state index >= 15 is 0 Å². The first-order valence-corrected chi connectivity index (χ1v) is 9.68. The van der Waals surface area contributed by atoms with Gasteiger partial charge in [-0.3, -0.25) is 9.79 Å². The summed E-state index contributed by atoms with van der Waals surface area (Å²) in [5.74, 6) is 0.667. The molecular weight excluding hydrogens is 344 g/mol. The van der Waals surface area contributed by atoms with Gasteiger partial charge in [0.1, 0.15) is 6.10 Å². The number of nitrogens with one attached hydrogen (secondary N) is 3. The third kappa shape index (κ3) is 5.68. The largest absolute Gasteiger partial charge is 0.373 e. The number of hydrogen-bond acceptors (Lipinski definition) is 4. The highest BCUT2D eigenvalue weighted by Gasteiger charge is 2.29. The molecule has 0 radical (unpaired) electrons. The van der Waals surface area contributed by atoms with E-state index in [0.29, 0.717) is 13.2 Å². The Bertz CT molecular complexity index is 665. The van der Waals surface area contributed by atoms with E-state index in [1.165, 1.54) is 0 Å². The zero-order valence-corrected chi connectivity index (χ0v) is 16.2. The molecule has 0 spiro atoms. The average Bonchev–Trinajstić information content (AvgIpc) is 3.34. The number of ether oxygens (including phenoxy) is 2. The number of carbonyl (C=O) groups is 1. The van der Waals surface area contributed by atoms with Crippen LogP contribution in [0.2, 0.25) is 0 Å². The van der Waals surface area contributed by atoms with Crippen LogP contribution in [0.15, 0.2) is 29.3 Å². The molecule has 2 atom stereocenters. The summed E-state index contributed by atoms with van der Waals surface area (Å²) in [5.41, 5.74) is 1.72. The molecule has 148 valence electrons. The fraction of sp³-hybridized carbons (Fsp3) is 0.600. The Hall–Kier alpha value is -2.12. The van der Waals surface area contributed by atoms with Crippen molar-refractivity contribution >= 4 is 17.6 Å². The second kappa shape index (κ2) is 9.19. The normalized spacial score (nSPS) is 25.4. The van der Waals surface area contributed by atoms with Crippen molar-refractivity contribution in [2.75, 3.05) is 32.1 Å². The van der Waals surface area contributed by atoms with Gasteiger partial charge in [0.2, 0.25) is 0 Å². The second-order valence-corrected chi connectivity index (χ2v) is 7.37. The van der Waals surface area contributed by atoms with Crippen molar-refractivity contribution < 1.29 is 14.3 Å². The van der Waals surface area contributed by atoms with E-state index in [-0.39, 0.29) is 17.6 Å². The topological polar surface area (TPSA) is 84.0 Å². The monoisotopic (exact) mass is 374 g/mol. The van der Waals surface area contributed by atoms with Crippen molar-refractivity contribution in [3.05, 3.63) is 29.8 Å². The van der Waals surface area contributed by atoms with Crippen molar-refractivity contribution in [3.8, 4) is 0 Å². The average molecular weight is 374 g/mol. The molecular formula is C20H30N4O3. The van der Waals surface area contributed by atoms with Gasteiger partial charge in [0.05, 0.1) is 5.60 Å². The van der Waals surface area contributed by atoms with Gasteiger partial charge >= 0.3 is 0 Å². The van der Waals surface area contributed by atoms with Gasteiger partial charge in [0.15, 0.2) is 5.96 Å². The predicted octanol–water partition coefficient (Wildman–Crippen LogP) is 2.04. The number of nitrogens with zero attached hydrogens (tertiary/aromatic N) is 1. The fourth-order valence-corrected chi connectivity index (χ4v) is 3.42. The number of anilines is 1. The Balaban J connectivity index is 1.48. The minimum Gasteiger partial charge on any atom is -0.373 e. The van der Waals surface area contributed by atoms with Crippen LogP contribution < -0.4 is 16.0 Å². The van der Waals surface area contributed by atoms with Gasteiger partial charge < -0.3 is 25.4 Å². The fourth-order valence-electron chi connectivity index (χ4n) is 3.42. The van der Waals surface area contributed by atoms with Crippen LogP contribution in [-0.4, -0.2) is 50.4 Å². The standard InChI is InChI=1S/C20H30N4O3/c1-20(9-5-11-27-20)14-23-19(21-2)22-13-15-6-3-7-16(12-15)24-18(25)17-8-4-10-26-17/h3,6-7,12,17H,4-5,8-11,13-14H2,1-2H3,(H,24,25)(H2,21,22,23). The summed E-state index contributed by atoms with van der Waals surface area (Å²) in [6.45, 7) is 4.96. The van der Waals surface area contributed by atoms with Gasteiger partial charge in [-0.15, -0.1) is 0 Å². The molecule has 0 saturated carbocycles. The molecule has 2 saturated heterocycles. The van der Waals surface area contributed by atoms with Gasteiger partial charge in [-0.25, -0.2) is 0 Å². The number of guanidine groups is 1. The second-order valence-electron chi connectivity index (χ2n) is 7.37. The van der Waals surface area contributed by atoms with Crippen molar-refractivity contribution in [1.29, 1.82) is 0 Å². The minimum absolute atomic E-state index is 0.0695. The highest BCUT2D eigenvalue weighted by molar-refractivity contribution is 5.94. The number of aliphatic imine (C=N–C) groups is 1.